The number of hydrogen-bond acceptors (Lipinski definition) is 4. The fourth-order valence-electron chi connectivity index (χ4n) is 2.57. The zero-order valence-corrected chi connectivity index (χ0v) is 11.5. The maximum Gasteiger partial charge on any atom is 0.280 e. The van der Waals surface area contributed by atoms with E-state index < -0.39 is 0 Å². The van der Waals surface area contributed by atoms with Crippen molar-refractivity contribution >= 4 is 21.8 Å². The number of H-pyrrole nitrogens is 1. The Morgan fingerprint density at radius 1 is 1.18 bits per heavy atom. The number of nitrogens with one attached hydrogen (secondary N) is 1. The van der Waals surface area contributed by atoms with Crippen molar-refractivity contribution in [2.24, 2.45) is 0 Å². The van der Waals surface area contributed by atoms with Gasteiger partial charge in [-0.15, -0.1) is 0 Å². The summed E-state index contributed by atoms with van der Waals surface area (Å²) >= 11 is 0. The van der Waals surface area contributed by atoms with Gasteiger partial charge in [-0.3, -0.25) is 19.9 Å². The molecule has 0 aliphatic rings. The Bertz CT molecular complexity index is 1030. The van der Waals surface area contributed by atoms with E-state index in [1.165, 1.54) is 4.68 Å². The van der Waals surface area contributed by atoms with Crippen molar-refractivity contribution in [1.82, 2.24) is 19.7 Å². The smallest absolute Gasteiger partial charge is 0.280 e. The van der Waals surface area contributed by atoms with Crippen LogP contribution in [0.15, 0.2) is 53.7 Å². The average Bonchev–Trinajstić information content (AvgIpc) is 2.92. The van der Waals surface area contributed by atoms with E-state index in [4.69, 9.17) is 0 Å². The fraction of sp³-hybridized carbons (Fsp3) is 0.0625. The molecule has 4 aromatic rings. The standard InChI is InChI=1S/C16H12N4O2/c21-9-10-3-4-12-14(6-10)18-8-13-15(12)19-20(16(13)22)11-2-1-5-17-7-11/h1-8,19,21H,9H2. The summed E-state index contributed by atoms with van der Waals surface area (Å²) in [6.45, 7) is -0.0388. The van der Waals surface area contributed by atoms with Gasteiger partial charge in [-0.05, 0) is 23.8 Å². The zero-order chi connectivity index (χ0) is 15.1. The lowest BCUT2D eigenvalue weighted by molar-refractivity contribution is 0.282. The van der Waals surface area contributed by atoms with Crippen LogP contribution in [0.2, 0.25) is 0 Å². The molecule has 0 radical (unpaired) electrons. The van der Waals surface area contributed by atoms with Crippen molar-refractivity contribution in [3.63, 3.8) is 0 Å². The maximum atomic E-state index is 12.5. The Kier molecular flexibility index (Phi) is 2.77. The second-order valence-corrected chi connectivity index (χ2v) is 5.02. The summed E-state index contributed by atoms with van der Waals surface area (Å²) in [5.41, 5.74) is 2.75. The van der Waals surface area contributed by atoms with Gasteiger partial charge in [0.2, 0.25) is 0 Å². The molecule has 0 saturated carbocycles. The quantitative estimate of drug-likeness (QED) is 0.589. The van der Waals surface area contributed by atoms with E-state index in [2.05, 4.69) is 15.1 Å². The lowest BCUT2D eigenvalue weighted by Gasteiger charge is -2.01. The van der Waals surface area contributed by atoms with Crippen molar-refractivity contribution in [3.05, 3.63) is 64.8 Å². The Hall–Kier alpha value is -2.99. The number of hydrogen-bond donors (Lipinski definition) is 2. The van der Waals surface area contributed by atoms with Gasteiger partial charge in [-0.2, -0.15) is 0 Å². The molecule has 0 unspecified atom stereocenters. The van der Waals surface area contributed by atoms with E-state index in [1.54, 1.807) is 24.7 Å². The molecule has 1 aromatic carbocycles. The molecule has 0 fully saturated rings. The molecule has 22 heavy (non-hydrogen) atoms. The second kappa shape index (κ2) is 4.78. The van der Waals surface area contributed by atoms with Crippen LogP contribution < -0.4 is 5.56 Å². The van der Waals surface area contributed by atoms with Crippen LogP contribution in [0, 0.1) is 0 Å². The normalized spacial score (nSPS) is 11.3. The maximum absolute atomic E-state index is 12.5. The van der Waals surface area contributed by atoms with Gasteiger partial charge in [-0.1, -0.05) is 12.1 Å². The highest BCUT2D eigenvalue weighted by Crippen LogP contribution is 2.21. The van der Waals surface area contributed by atoms with Gasteiger partial charge in [0.1, 0.15) is 0 Å². The molecule has 0 aliphatic heterocycles. The molecular formula is C16H12N4O2. The number of aromatic nitrogens is 4. The van der Waals surface area contributed by atoms with Gasteiger partial charge in [0.25, 0.3) is 5.56 Å². The minimum Gasteiger partial charge on any atom is -0.392 e. The first kappa shape index (κ1) is 12.7. The molecule has 0 spiro atoms. The molecule has 4 rings (SSSR count). The highest BCUT2D eigenvalue weighted by molar-refractivity contribution is 6.02. The predicted octanol–water partition coefficient (Wildman–Crippen LogP) is 1.75. The highest BCUT2D eigenvalue weighted by atomic mass is 16.3. The Labute approximate surface area is 124 Å². The van der Waals surface area contributed by atoms with Crippen molar-refractivity contribution < 1.29 is 5.11 Å². The number of aliphatic hydroxyl groups excluding tert-OH is 1. The lowest BCUT2D eigenvalue weighted by Crippen LogP contribution is -2.14. The summed E-state index contributed by atoms with van der Waals surface area (Å²) in [6, 6.07) is 9.08. The first-order valence-electron chi connectivity index (χ1n) is 6.81. The monoisotopic (exact) mass is 292 g/mol. The summed E-state index contributed by atoms with van der Waals surface area (Å²) in [4.78, 5) is 20.9. The van der Waals surface area contributed by atoms with Crippen LogP contribution in [0.5, 0.6) is 0 Å². The molecule has 6 heteroatoms. The van der Waals surface area contributed by atoms with Gasteiger partial charge in [0.15, 0.2) is 0 Å². The zero-order valence-electron chi connectivity index (χ0n) is 11.5. The fourth-order valence-corrected chi connectivity index (χ4v) is 2.57. The summed E-state index contributed by atoms with van der Waals surface area (Å²) < 4.78 is 1.46. The highest BCUT2D eigenvalue weighted by Gasteiger charge is 2.12. The molecule has 3 aromatic heterocycles. The Balaban J connectivity index is 2.05. The Morgan fingerprint density at radius 2 is 2.09 bits per heavy atom. The van der Waals surface area contributed by atoms with Crippen LogP contribution >= 0.6 is 0 Å². The molecular weight excluding hydrogens is 280 g/mol. The summed E-state index contributed by atoms with van der Waals surface area (Å²) in [5, 5.41) is 13.7. The third-order valence-electron chi connectivity index (χ3n) is 3.68. The topological polar surface area (TPSA) is 83.8 Å². The first-order valence-corrected chi connectivity index (χ1v) is 6.81. The van der Waals surface area contributed by atoms with Crippen LogP contribution in [0.25, 0.3) is 27.5 Å². The molecule has 6 nitrogen and oxygen atoms in total. The first-order chi connectivity index (χ1) is 10.8. The largest absolute Gasteiger partial charge is 0.392 e. The molecule has 108 valence electrons. The van der Waals surface area contributed by atoms with Gasteiger partial charge in [0, 0.05) is 17.8 Å². The van der Waals surface area contributed by atoms with Crippen LogP contribution in [0.4, 0.5) is 0 Å². The number of rotatable bonds is 2. The molecule has 0 aliphatic carbocycles. The summed E-state index contributed by atoms with van der Waals surface area (Å²) in [5.74, 6) is 0. The molecule has 2 N–H and O–H groups in total. The van der Waals surface area contributed by atoms with E-state index in [-0.39, 0.29) is 12.2 Å². The predicted molar refractivity (Wildman–Crippen MR) is 82.9 cm³/mol. The lowest BCUT2D eigenvalue weighted by atomic mass is 10.1. The minimum atomic E-state index is -0.163. The number of aromatic amines is 1. The number of benzene rings is 1. The summed E-state index contributed by atoms with van der Waals surface area (Å²) in [6.07, 6.45) is 4.84. The van der Waals surface area contributed by atoms with E-state index in [0.29, 0.717) is 11.1 Å². The SMILES string of the molecule is O=c1c2cnc3cc(CO)ccc3c2[nH]n1-c1cccnc1. The van der Waals surface area contributed by atoms with E-state index in [9.17, 15) is 9.90 Å². The third-order valence-corrected chi connectivity index (χ3v) is 3.68. The van der Waals surface area contributed by atoms with E-state index in [0.717, 1.165) is 22.0 Å². The molecule has 0 saturated heterocycles. The minimum absolute atomic E-state index is 0.0388. The summed E-state index contributed by atoms with van der Waals surface area (Å²) in [7, 11) is 0. The van der Waals surface area contributed by atoms with Crippen molar-refractivity contribution in [1.29, 1.82) is 0 Å². The van der Waals surface area contributed by atoms with Crippen molar-refractivity contribution in [2.75, 3.05) is 0 Å². The van der Waals surface area contributed by atoms with Gasteiger partial charge >= 0.3 is 0 Å². The van der Waals surface area contributed by atoms with Crippen LogP contribution in [0.1, 0.15) is 5.56 Å². The van der Waals surface area contributed by atoms with Crippen LogP contribution in [-0.4, -0.2) is 24.9 Å². The van der Waals surface area contributed by atoms with Gasteiger partial charge in [-0.25, -0.2) is 4.68 Å². The van der Waals surface area contributed by atoms with Gasteiger partial charge < -0.3 is 5.11 Å². The van der Waals surface area contributed by atoms with Gasteiger partial charge in [0.05, 0.1) is 34.9 Å². The van der Waals surface area contributed by atoms with E-state index >= 15 is 0 Å². The second-order valence-electron chi connectivity index (χ2n) is 5.02. The Morgan fingerprint density at radius 3 is 2.86 bits per heavy atom. The number of aliphatic hydroxyl groups is 1. The molecule has 0 amide bonds. The molecule has 0 bridgehead atoms. The third kappa shape index (κ3) is 1.82. The van der Waals surface area contributed by atoms with Crippen molar-refractivity contribution in [2.45, 2.75) is 6.61 Å². The number of nitrogens with zero attached hydrogens (tertiary/aromatic N) is 3. The van der Waals surface area contributed by atoms with Crippen molar-refractivity contribution in [3.8, 4) is 5.69 Å². The number of fused-ring (bicyclic) bond motifs is 3. The van der Waals surface area contributed by atoms with Crippen LogP contribution in [0.3, 0.4) is 0 Å². The van der Waals surface area contributed by atoms with E-state index in [1.807, 2.05) is 24.3 Å². The molecule has 0 atom stereocenters. The molecule has 3 heterocycles. The average molecular weight is 292 g/mol. The number of pyridine rings is 2. The van der Waals surface area contributed by atoms with Crippen LogP contribution in [-0.2, 0) is 6.61 Å².